The second kappa shape index (κ2) is 7.73. The average molecular weight is 414 g/mol. The van der Waals surface area contributed by atoms with Crippen LogP contribution in [0, 0.1) is 6.92 Å². The number of H-pyrrole nitrogens is 1. The summed E-state index contributed by atoms with van der Waals surface area (Å²) in [4.78, 5) is 34.9. The summed E-state index contributed by atoms with van der Waals surface area (Å²) in [6.07, 6.45) is 2.38. The first-order valence-corrected chi connectivity index (χ1v) is 10.7. The maximum absolute atomic E-state index is 13.2. The number of aryl methyl sites for hydroxylation is 1. The summed E-state index contributed by atoms with van der Waals surface area (Å²) in [7, 11) is 0. The normalized spacial score (nSPS) is 11.2. The van der Waals surface area contributed by atoms with E-state index in [-0.39, 0.29) is 17.5 Å². The Kier molecular flexibility index (Phi) is 5.15. The molecule has 0 fully saturated rings. The van der Waals surface area contributed by atoms with E-state index >= 15 is 0 Å². The molecule has 0 unspecified atom stereocenters. The number of aromatic amines is 1. The maximum atomic E-state index is 13.2. The molecule has 0 atom stereocenters. The predicted molar refractivity (Wildman–Crippen MR) is 114 cm³/mol. The van der Waals surface area contributed by atoms with Crippen molar-refractivity contribution in [1.29, 1.82) is 0 Å². The molecule has 0 bridgehead atoms. The van der Waals surface area contributed by atoms with Gasteiger partial charge in [0.2, 0.25) is 5.43 Å². The van der Waals surface area contributed by atoms with Crippen LogP contribution in [0.4, 0.5) is 0 Å². The summed E-state index contributed by atoms with van der Waals surface area (Å²) >= 11 is 3.07. The smallest absolute Gasteiger partial charge is 0.263 e. The van der Waals surface area contributed by atoms with Gasteiger partial charge in [0.15, 0.2) is 5.75 Å². The van der Waals surface area contributed by atoms with Gasteiger partial charge in [-0.1, -0.05) is 13.0 Å². The second-order valence-corrected chi connectivity index (χ2v) is 8.20. The van der Waals surface area contributed by atoms with Crippen molar-refractivity contribution in [3.8, 4) is 16.2 Å². The van der Waals surface area contributed by atoms with Crippen LogP contribution in [0.2, 0.25) is 0 Å². The summed E-state index contributed by atoms with van der Waals surface area (Å²) in [5, 5.41) is 4.60. The van der Waals surface area contributed by atoms with Gasteiger partial charge in [-0.25, -0.2) is 4.98 Å². The molecule has 28 heavy (non-hydrogen) atoms. The molecule has 0 aliphatic rings. The van der Waals surface area contributed by atoms with E-state index in [4.69, 9.17) is 4.74 Å². The average Bonchev–Trinajstić information content (AvgIpc) is 3.34. The number of nitrogens with zero attached hydrogens (tertiary/aromatic N) is 2. The summed E-state index contributed by atoms with van der Waals surface area (Å²) in [5.41, 5.74) is 1.25. The molecule has 0 aliphatic carbocycles. The number of ether oxygens (including phenoxy) is 1. The molecular weight excluding hydrogens is 394 g/mol. The van der Waals surface area contributed by atoms with Crippen LogP contribution in [0.3, 0.4) is 0 Å². The molecule has 6 nitrogen and oxygen atoms in total. The van der Waals surface area contributed by atoms with Crippen molar-refractivity contribution >= 4 is 32.9 Å². The fourth-order valence-corrected chi connectivity index (χ4v) is 4.81. The van der Waals surface area contributed by atoms with Crippen molar-refractivity contribution < 1.29 is 4.74 Å². The van der Waals surface area contributed by atoms with Crippen LogP contribution in [-0.2, 0) is 6.54 Å². The highest BCUT2D eigenvalue weighted by molar-refractivity contribution is 7.18. The Morgan fingerprint density at radius 2 is 2.14 bits per heavy atom. The van der Waals surface area contributed by atoms with Crippen molar-refractivity contribution in [3.05, 3.63) is 67.3 Å². The van der Waals surface area contributed by atoms with E-state index in [0.29, 0.717) is 29.3 Å². The molecule has 144 valence electrons. The molecule has 0 amide bonds. The van der Waals surface area contributed by atoms with Gasteiger partial charge in [0, 0.05) is 33.8 Å². The number of aromatic nitrogens is 3. The van der Waals surface area contributed by atoms with E-state index in [1.54, 1.807) is 22.1 Å². The number of hydrogen-bond donors (Lipinski definition) is 1. The molecule has 4 aromatic heterocycles. The van der Waals surface area contributed by atoms with Gasteiger partial charge in [0.1, 0.15) is 10.7 Å². The number of thiophene rings is 2. The summed E-state index contributed by atoms with van der Waals surface area (Å²) in [6.45, 7) is 4.53. The maximum Gasteiger partial charge on any atom is 0.263 e. The van der Waals surface area contributed by atoms with Gasteiger partial charge in [0.25, 0.3) is 5.56 Å². The number of nitrogens with one attached hydrogen (secondary N) is 1. The monoisotopic (exact) mass is 413 g/mol. The van der Waals surface area contributed by atoms with Crippen molar-refractivity contribution in [3.63, 3.8) is 0 Å². The van der Waals surface area contributed by atoms with Crippen LogP contribution in [-0.4, -0.2) is 21.1 Å². The largest absolute Gasteiger partial charge is 0.488 e. The van der Waals surface area contributed by atoms with E-state index in [2.05, 4.69) is 9.97 Å². The predicted octanol–water partition coefficient (Wildman–Crippen LogP) is 4.02. The van der Waals surface area contributed by atoms with Crippen molar-refractivity contribution in [2.24, 2.45) is 0 Å². The van der Waals surface area contributed by atoms with Crippen LogP contribution in [0.5, 0.6) is 5.75 Å². The summed E-state index contributed by atoms with van der Waals surface area (Å²) < 4.78 is 7.02. The Hall–Kier alpha value is -2.71. The Morgan fingerprint density at radius 3 is 2.86 bits per heavy atom. The summed E-state index contributed by atoms with van der Waals surface area (Å²) in [5.74, 6) is 0.908. The van der Waals surface area contributed by atoms with E-state index in [9.17, 15) is 9.59 Å². The third-order valence-electron chi connectivity index (χ3n) is 4.40. The zero-order chi connectivity index (χ0) is 19.7. The van der Waals surface area contributed by atoms with E-state index in [1.807, 2.05) is 36.7 Å². The Bertz CT molecular complexity index is 1240. The van der Waals surface area contributed by atoms with Crippen molar-refractivity contribution in [2.75, 3.05) is 6.61 Å². The van der Waals surface area contributed by atoms with Crippen molar-refractivity contribution in [2.45, 2.75) is 26.8 Å². The standard InChI is InChI=1S/C20H19N3O3S2/c1-3-6-26-16-9-21-13(8-15(16)24)10-23-12(2)22-19-18(20(23)25)14(11-28-19)17-5-4-7-27-17/h4-5,7-9,11H,3,6,10H2,1-2H3,(H,21,24). The van der Waals surface area contributed by atoms with E-state index in [0.717, 1.165) is 21.7 Å². The summed E-state index contributed by atoms with van der Waals surface area (Å²) in [6, 6.07) is 5.45. The molecule has 0 aliphatic heterocycles. The van der Waals surface area contributed by atoms with Crippen LogP contribution in [0.15, 0.2) is 44.7 Å². The number of pyridine rings is 1. The molecule has 4 rings (SSSR count). The molecule has 1 N–H and O–H groups in total. The van der Waals surface area contributed by atoms with Gasteiger partial charge in [0.05, 0.1) is 18.5 Å². The van der Waals surface area contributed by atoms with Crippen LogP contribution in [0.1, 0.15) is 24.9 Å². The minimum atomic E-state index is -0.197. The van der Waals surface area contributed by atoms with Crippen LogP contribution >= 0.6 is 22.7 Å². The number of fused-ring (bicyclic) bond motifs is 1. The Labute approximate surface area is 169 Å². The van der Waals surface area contributed by atoms with Gasteiger partial charge < -0.3 is 9.72 Å². The second-order valence-electron chi connectivity index (χ2n) is 6.39. The lowest BCUT2D eigenvalue weighted by Gasteiger charge is -2.11. The van der Waals surface area contributed by atoms with Gasteiger partial charge in [-0.05, 0) is 24.8 Å². The van der Waals surface area contributed by atoms with Gasteiger partial charge >= 0.3 is 0 Å². The molecule has 0 aromatic carbocycles. The first-order chi connectivity index (χ1) is 13.6. The Balaban J connectivity index is 1.75. The molecule has 0 radical (unpaired) electrons. The van der Waals surface area contributed by atoms with Gasteiger partial charge in [-0.15, -0.1) is 22.7 Å². The Morgan fingerprint density at radius 1 is 1.29 bits per heavy atom. The minimum absolute atomic E-state index is 0.0979. The SMILES string of the molecule is CCCOc1c[nH]c(Cn2c(C)nc3scc(-c4cccs4)c3c2=O)cc1=O. The molecule has 4 heterocycles. The molecule has 8 heteroatoms. The molecule has 0 saturated heterocycles. The minimum Gasteiger partial charge on any atom is -0.488 e. The third kappa shape index (κ3) is 3.41. The lowest BCUT2D eigenvalue weighted by atomic mass is 10.2. The number of rotatable bonds is 6. The zero-order valence-electron chi connectivity index (χ0n) is 15.5. The quantitative estimate of drug-likeness (QED) is 0.518. The lowest BCUT2D eigenvalue weighted by Crippen LogP contribution is -2.25. The molecule has 4 aromatic rings. The lowest BCUT2D eigenvalue weighted by molar-refractivity contribution is 0.313. The fraction of sp³-hybridized carbons (Fsp3) is 0.250. The van der Waals surface area contributed by atoms with E-state index < -0.39 is 0 Å². The molecule has 0 saturated carbocycles. The first-order valence-electron chi connectivity index (χ1n) is 8.95. The van der Waals surface area contributed by atoms with E-state index in [1.165, 1.54) is 17.4 Å². The highest BCUT2D eigenvalue weighted by Gasteiger charge is 2.16. The van der Waals surface area contributed by atoms with Gasteiger partial charge in [-0.2, -0.15) is 0 Å². The number of hydrogen-bond acceptors (Lipinski definition) is 6. The zero-order valence-corrected chi connectivity index (χ0v) is 17.2. The molecule has 0 spiro atoms. The fourth-order valence-electron chi connectivity index (χ4n) is 3.01. The molecular formula is C20H19N3O3S2. The third-order valence-corrected chi connectivity index (χ3v) is 6.17. The van der Waals surface area contributed by atoms with Gasteiger partial charge in [-0.3, -0.25) is 14.2 Å². The topological polar surface area (TPSA) is 77.0 Å². The van der Waals surface area contributed by atoms with Crippen molar-refractivity contribution in [1.82, 2.24) is 14.5 Å². The van der Waals surface area contributed by atoms with Crippen LogP contribution in [0.25, 0.3) is 20.7 Å². The van der Waals surface area contributed by atoms with Crippen LogP contribution < -0.4 is 15.7 Å². The first kappa shape index (κ1) is 18.6. The highest BCUT2D eigenvalue weighted by atomic mass is 32.1. The highest BCUT2D eigenvalue weighted by Crippen LogP contribution is 2.33.